The van der Waals surface area contributed by atoms with Gasteiger partial charge in [0.25, 0.3) is 5.91 Å². The van der Waals surface area contributed by atoms with Gasteiger partial charge in [-0.3, -0.25) is 19.6 Å². The number of amides is 2. The molecule has 22 heavy (non-hydrogen) atoms. The maximum Gasteiger partial charge on any atom is 0.409 e. The van der Waals surface area contributed by atoms with Gasteiger partial charge >= 0.3 is 11.8 Å². The SMILES string of the molecule is CCOC(=O)N1CCN(C(=O)c2c([N+](=O)[O-])cnn2C)CC1. The number of aromatic nitrogens is 2. The van der Waals surface area contributed by atoms with E-state index < -0.39 is 16.9 Å². The monoisotopic (exact) mass is 311 g/mol. The summed E-state index contributed by atoms with van der Waals surface area (Å²) >= 11 is 0. The Kier molecular flexibility index (Phi) is 4.59. The molecular weight excluding hydrogens is 294 g/mol. The van der Waals surface area contributed by atoms with Crippen molar-refractivity contribution in [2.75, 3.05) is 32.8 Å². The molecule has 120 valence electrons. The van der Waals surface area contributed by atoms with Crippen molar-refractivity contribution in [3.63, 3.8) is 0 Å². The molecule has 0 bridgehead atoms. The molecule has 1 aromatic heterocycles. The van der Waals surface area contributed by atoms with E-state index in [9.17, 15) is 19.7 Å². The molecule has 0 aromatic carbocycles. The van der Waals surface area contributed by atoms with E-state index in [1.807, 2.05) is 0 Å². The highest BCUT2D eigenvalue weighted by Gasteiger charge is 2.32. The lowest BCUT2D eigenvalue weighted by Gasteiger charge is -2.33. The fourth-order valence-corrected chi connectivity index (χ4v) is 2.26. The Morgan fingerprint density at radius 3 is 2.45 bits per heavy atom. The number of carbonyl (C=O) groups excluding carboxylic acids is 2. The first kappa shape index (κ1) is 15.7. The van der Waals surface area contributed by atoms with Crippen LogP contribution in [0.5, 0.6) is 0 Å². The number of nitro groups is 1. The van der Waals surface area contributed by atoms with Gasteiger partial charge in [0.05, 0.1) is 11.5 Å². The van der Waals surface area contributed by atoms with E-state index >= 15 is 0 Å². The van der Waals surface area contributed by atoms with Crippen LogP contribution < -0.4 is 0 Å². The molecule has 0 saturated carbocycles. The van der Waals surface area contributed by atoms with Crippen molar-refractivity contribution in [2.45, 2.75) is 6.92 Å². The second-order valence-electron chi connectivity index (χ2n) is 4.74. The highest BCUT2D eigenvalue weighted by molar-refractivity contribution is 5.96. The summed E-state index contributed by atoms with van der Waals surface area (Å²) in [4.78, 5) is 37.3. The standard InChI is InChI=1S/C12H17N5O5/c1-3-22-12(19)16-6-4-15(5-7-16)11(18)10-9(17(20)21)8-13-14(10)2/h8H,3-7H2,1-2H3. The summed E-state index contributed by atoms with van der Waals surface area (Å²) in [6.07, 6.45) is 0.642. The number of aryl methyl sites for hydroxylation is 1. The third-order valence-electron chi connectivity index (χ3n) is 3.41. The molecule has 2 amide bonds. The van der Waals surface area contributed by atoms with Crippen LogP contribution in [0.3, 0.4) is 0 Å². The predicted octanol–water partition coefficient (Wildman–Crippen LogP) is 0.243. The number of carbonyl (C=O) groups is 2. The number of hydrogen-bond acceptors (Lipinski definition) is 6. The van der Waals surface area contributed by atoms with Crippen LogP contribution in [0.25, 0.3) is 0 Å². The minimum Gasteiger partial charge on any atom is -0.450 e. The summed E-state index contributed by atoms with van der Waals surface area (Å²) in [7, 11) is 1.48. The maximum atomic E-state index is 12.4. The van der Waals surface area contributed by atoms with Crippen molar-refractivity contribution in [2.24, 2.45) is 7.05 Å². The van der Waals surface area contributed by atoms with E-state index in [0.29, 0.717) is 32.8 Å². The lowest BCUT2D eigenvalue weighted by atomic mass is 10.2. The molecule has 10 nitrogen and oxygen atoms in total. The van der Waals surface area contributed by atoms with E-state index in [0.717, 1.165) is 6.20 Å². The Hall–Kier alpha value is -2.65. The van der Waals surface area contributed by atoms with Crippen LogP contribution in [0.15, 0.2) is 6.20 Å². The lowest BCUT2D eigenvalue weighted by molar-refractivity contribution is -0.385. The smallest absolute Gasteiger partial charge is 0.409 e. The maximum absolute atomic E-state index is 12.4. The predicted molar refractivity (Wildman–Crippen MR) is 74.4 cm³/mol. The first-order valence-electron chi connectivity index (χ1n) is 6.83. The Labute approximate surface area is 126 Å². The topological polar surface area (TPSA) is 111 Å². The molecule has 0 atom stereocenters. The Morgan fingerprint density at radius 1 is 1.32 bits per heavy atom. The molecule has 0 N–H and O–H groups in total. The number of rotatable bonds is 3. The molecule has 1 fully saturated rings. The van der Waals surface area contributed by atoms with Crippen molar-refractivity contribution in [3.8, 4) is 0 Å². The van der Waals surface area contributed by atoms with Crippen LogP contribution in [-0.2, 0) is 11.8 Å². The van der Waals surface area contributed by atoms with E-state index in [1.54, 1.807) is 6.92 Å². The molecule has 10 heteroatoms. The average molecular weight is 311 g/mol. The van der Waals surface area contributed by atoms with Gasteiger partial charge in [-0.25, -0.2) is 4.79 Å². The quantitative estimate of drug-likeness (QED) is 0.584. The van der Waals surface area contributed by atoms with Gasteiger partial charge in [-0.05, 0) is 6.92 Å². The van der Waals surface area contributed by atoms with Crippen LogP contribution in [0, 0.1) is 10.1 Å². The third kappa shape index (κ3) is 3.00. The number of nitrogens with zero attached hydrogens (tertiary/aromatic N) is 5. The van der Waals surface area contributed by atoms with Gasteiger partial charge in [0.1, 0.15) is 6.20 Å². The minimum atomic E-state index is -0.630. The van der Waals surface area contributed by atoms with E-state index in [4.69, 9.17) is 4.74 Å². The van der Waals surface area contributed by atoms with E-state index in [1.165, 1.54) is 21.5 Å². The summed E-state index contributed by atoms with van der Waals surface area (Å²) in [6, 6.07) is 0. The minimum absolute atomic E-state index is 0.0606. The van der Waals surface area contributed by atoms with Crippen LogP contribution in [0.2, 0.25) is 0 Å². The van der Waals surface area contributed by atoms with Crippen molar-refractivity contribution in [1.29, 1.82) is 0 Å². The van der Waals surface area contributed by atoms with Crippen LogP contribution in [0.4, 0.5) is 10.5 Å². The number of piperazine rings is 1. The molecule has 1 aromatic rings. The summed E-state index contributed by atoms with van der Waals surface area (Å²) in [5, 5.41) is 14.7. The molecule has 0 spiro atoms. The normalized spacial score (nSPS) is 14.8. The first-order valence-corrected chi connectivity index (χ1v) is 6.83. The average Bonchev–Trinajstić information content (AvgIpc) is 2.89. The van der Waals surface area contributed by atoms with Crippen LogP contribution >= 0.6 is 0 Å². The van der Waals surface area contributed by atoms with Crippen LogP contribution in [-0.4, -0.2) is 69.3 Å². The molecule has 0 aliphatic carbocycles. The van der Waals surface area contributed by atoms with Gasteiger partial charge in [-0.2, -0.15) is 5.10 Å². The largest absolute Gasteiger partial charge is 0.450 e. The molecule has 0 radical (unpaired) electrons. The van der Waals surface area contributed by atoms with Crippen molar-refractivity contribution < 1.29 is 19.2 Å². The highest BCUT2D eigenvalue weighted by Crippen LogP contribution is 2.19. The number of ether oxygens (including phenoxy) is 1. The summed E-state index contributed by atoms with van der Waals surface area (Å²) in [5.74, 6) is -0.463. The van der Waals surface area contributed by atoms with Gasteiger partial charge in [0, 0.05) is 33.2 Å². The Morgan fingerprint density at radius 2 is 1.91 bits per heavy atom. The van der Waals surface area contributed by atoms with Crippen molar-refractivity contribution >= 4 is 17.7 Å². The molecule has 1 aliphatic rings. The zero-order valence-corrected chi connectivity index (χ0v) is 12.4. The molecule has 1 aliphatic heterocycles. The summed E-state index contributed by atoms with van der Waals surface area (Å²) < 4.78 is 6.09. The fraction of sp³-hybridized carbons (Fsp3) is 0.583. The van der Waals surface area contributed by atoms with E-state index in [2.05, 4.69) is 5.10 Å². The second kappa shape index (κ2) is 6.41. The molecule has 2 rings (SSSR count). The zero-order valence-electron chi connectivity index (χ0n) is 12.4. The summed E-state index contributed by atoms with van der Waals surface area (Å²) in [5.41, 5.74) is -0.380. The van der Waals surface area contributed by atoms with Crippen molar-refractivity contribution in [1.82, 2.24) is 19.6 Å². The highest BCUT2D eigenvalue weighted by atomic mass is 16.6. The van der Waals surface area contributed by atoms with E-state index in [-0.39, 0.29) is 11.4 Å². The first-order chi connectivity index (χ1) is 10.5. The van der Waals surface area contributed by atoms with Gasteiger partial charge in [-0.15, -0.1) is 0 Å². The third-order valence-corrected chi connectivity index (χ3v) is 3.41. The number of hydrogen-bond donors (Lipinski definition) is 0. The fourth-order valence-electron chi connectivity index (χ4n) is 2.26. The van der Waals surface area contributed by atoms with Gasteiger partial charge in [0.15, 0.2) is 0 Å². The molecule has 2 heterocycles. The van der Waals surface area contributed by atoms with Crippen molar-refractivity contribution in [3.05, 3.63) is 22.0 Å². The molecule has 0 unspecified atom stereocenters. The second-order valence-corrected chi connectivity index (χ2v) is 4.74. The molecular formula is C12H17N5O5. The lowest BCUT2D eigenvalue weighted by Crippen LogP contribution is -2.51. The summed E-state index contributed by atoms with van der Waals surface area (Å²) in [6.45, 7) is 3.25. The van der Waals surface area contributed by atoms with Gasteiger partial charge in [-0.1, -0.05) is 0 Å². The van der Waals surface area contributed by atoms with Gasteiger partial charge < -0.3 is 14.5 Å². The van der Waals surface area contributed by atoms with Gasteiger partial charge in [0.2, 0.25) is 5.69 Å². The molecule has 1 saturated heterocycles. The Bertz CT molecular complexity index is 591. The van der Waals surface area contributed by atoms with Crippen LogP contribution in [0.1, 0.15) is 17.4 Å². The zero-order chi connectivity index (χ0) is 16.3. The Balaban J connectivity index is 2.06.